The Bertz CT molecular complexity index is 719. The minimum absolute atomic E-state index is 0.0547. The molecule has 2 saturated heterocycles. The summed E-state index contributed by atoms with van der Waals surface area (Å²) in [4.78, 5) is 20.7. The first-order valence-electron chi connectivity index (χ1n) is 8.60. The number of alkyl halides is 2. The van der Waals surface area contributed by atoms with Gasteiger partial charge in [-0.15, -0.1) is 0 Å². The molecule has 1 aromatic rings. The van der Waals surface area contributed by atoms with Gasteiger partial charge in [0.1, 0.15) is 11.9 Å². The van der Waals surface area contributed by atoms with Crippen LogP contribution in [0.5, 0.6) is 0 Å². The van der Waals surface area contributed by atoms with Crippen LogP contribution in [0.15, 0.2) is 6.07 Å². The van der Waals surface area contributed by atoms with Crippen molar-refractivity contribution in [1.29, 1.82) is 5.26 Å². The van der Waals surface area contributed by atoms with Crippen molar-refractivity contribution in [3.05, 3.63) is 22.9 Å². The lowest BCUT2D eigenvalue weighted by molar-refractivity contribution is -0.140. The molecule has 2 aliphatic heterocycles. The zero-order chi connectivity index (χ0) is 18.2. The highest BCUT2D eigenvalue weighted by Crippen LogP contribution is 2.31. The van der Waals surface area contributed by atoms with Crippen LogP contribution in [0.25, 0.3) is 0 Å². The molecule has 2 fully saturated rings. The molecule has 0 aliphatic carbocycles. The summed E-state index contributed by atoms with van der Waals surface area (Å²) in [5, 5.41) is 9.42. The summed E-state index contributed by atoms with van der Waals surface area (Å²) in [6, 6.07) is 4.07. The maximum Gasteiger partial charge on any atom is 0.251 e. The Morgan fingerprint density at radius 3 is 2.64 bits per heavy atom. The lowest BCUT2D eigenvalue weighted by Gasteiger charge is -2.33. The van der Waals surface area contributed by atoms with Gasteiger partial charge in [0.2, 0.25) is 5.91 Å². The molecular weight excluding hydrogens is 326 g/mol. The highest BCUT2D eigenvalue weighted by molar-refractivity contribution is 5.80. The van der Waals surface area contributed by atoms with E-state index in [1.165, 1.54) is 0 Å². The van der Waals surface area contributed by atoms with Crippen LogP contribution in [0.4, 0.5) is 14.6 Å². The molecule has 134 valence electrons. The number of hydrogen-bond donors (Lipinski definition) is 0. The molecule has 5 nitrogen and oxygen atoms in total. The Morgan fingerprint density at radius 2 is 2.00 bits per heavy atom. The molecule has 0 saturated carbocycles. The number of aromatic nitrogens is 1. The van der Waals surface area contributed by atoms with E-state index in [4.69, 9.17) is 0 Å². The van der Waals surface area contributed by atoms with Crippen molar-refractivity contribution in [3.63, 3.8) is 0 Å². The third-order valence-corrected chi connectivity index (χ3v) is 5.08. The minimum Gasteiger partial charge on any atom is -0.355 e. The van der Waals surface area contributed by atoms with E-state index in [0.29, 0.717) is 30.9 Å². The van der Waals surface area contributed by atoms with Gasteiger partial charge in [-0.05, 0) is 31.9 Å². The zero-order valence-corrected chi connectivity index (χ0v) is 14.6. The highest BCUT2D eigenvalue weighted by Gasteiger charge is 2.39. The average Bonchev–Trinajstić information content (AvgIpc) is 3.03. The first-order valence-corrected chi connectivity index (χ1v) is 8.60. The van der Waals surface area contributed by atoms with Gasteiger partial charge in [-0.1, -0.05) is 0 Å². The van der Waals surface area contributed by atoms with E-state index in [0.717, 1.165) is 11.3 Å². The molecule has 2 aliphatic rings. The largest absolute Gasteiger partial charge is 0.355 e. The Kier molecular flexibility index (Phi) is 4.63. The number of hydrogen-bond acceptors (Lipinski definition) is 4. The lowest BCUT2D eigenvalue weighted by Crippen LogP contribution is -2.45. The Morgan fingerprint density at radius 1 is 1.32 bits per heavy atom. The van der Waals surface area contributed by atoms with Crippen LogP contribution in [0.1, 0.15) is 36.1 Å². The van der Waals surface area contributed by atoms with Crippen molar-refractivity contribution in [3.8, 4) is 6.07 Å². The quantitative estimate of drug-likeness (QED) is 0.824. The summed E-state index contributed by atoms with van der Waals surface area (Å²) in [6.45, 7) is 5.12. The predicted molar refractivity (Wildman–Crippen MR) is 89.5 cm³/mol. The van der Waals surface area contributed by atoms with Crippen LogP contribution < -0.4 is 4.90 Å². The number of aryl methyl sites for hydroxylation is 2. The second-order valence-corrected chi connectivity index (χ2v) is 7.00. The number of halogens is 2. The summed E-state index contributed by atoms with van der Waals surface area (Å²) < 4.78 is 26.6. The SMILES string of the molecule is Cc1cc(C)c(C#N)c(N2CCC(C(=O)N3CCC(F)(F)CC3)C2)n1. The number of carbonyl (C=O) groups excluding carboxylic acids is 1. The van der Waals surface area contributed by atoms with Crippen molar-refractivity contribution >= 4 is 11.7 Å². The molecule has 25 heavy (non-hydrogen) atoms. The minimum atomic E-state index is -2.65. The second-order valence-electron chi connectivity index (χ2n) is 7.00. The molecular formula is C18H22F2N4O. The van der Waals surface area contributed by atoms with Crippen molar-refractivity contribution in [2.24, 2.45) is 5.92 Å². The molecule has 1 atom stereocenters. The molecule has 0 aromatic carbocycles. The number of amides is 1. The standard InChI is InChI=1S/C18H22F2N4O/c1-12-9-13(2)22-16(15(12)10-21)24-6-3-14(11-24)17(25)23-7-4-18(19,20)5-8-23/h9,14H,3-8,11H2,1-2H3. The van der Waals surface area contributed by atoms with Gasteiger partial charge in [-0.2, -0.15) is 5.26 Å². The van der Waals surface area contributed by atoms with Gasteiger partial charge in [0.25, 0.3) is 5.92 Å². The Balaban J connectivity index is 1.70. The maximum atomic E-state index is 13.3. The first-order chi connectivity index (χ1) is 11.8. The van der Waals surface area contributed by atoms with Crippen molar-refractivity contribution < 1.29 is 13.6 Å². The van der Waals surface area contributed by atoms with E-state index in [1.807, 2.05) is 24.8 Å². The molecule has 3 rings (SSSR count). The van der Waals surface area contributed by atoms with Crippen molar-refractivity contribution in [1.82, 2.24) is 9.88 Å². The van der Waals surface area contributed by atoms with Gasteiger partial charge >= 0.3 is 0 Å². The van der Waals surface area contributed by atoms with Gasteiger partial charge in [0.15, 0.2) is 0 Å². The number of pyridine rings is 1. The number of nitrogens with zero attached hydrogens (tertiary/aromatic N) is 4. The second kappa shape index (κ2) is 6.58. The van der Waals surface area contributed by atoms with Crippen LogP contribution in [-0.2, 0) is 4.79 Å². The summed E-state index contributed by atoms with van der Waals surface area (Å²) in [7, 11) is 0. The summed E-state index contributed by atoms with van der Waals surface area (Å²) >= 11 is 0. The number of anilines is 1. The van der Waals surface area contributed by atoms with E-state index in [2.05, 4.69) is 11.1 Å². The van der Waals surface area contributed by atoms with Crippen molar-refractivity contribution in [2.75, 3.05) is 31.1 Å². The fraction of sp³-hybridized carbons (Fsp3) is 0.611. The average molecular weight is 348 g/mol. The topological polar surface area (TPSA) is 60.2 Å². The van der Waals surface area contributed by atoms with E-state index in [1.54, 1.807) is 4.90 Å². The Labute approximate surface area is 146 Å². The van der Waals surface area contributed by atoms with Crippen molar-refractivity contribution in [2.45, 2.75) is 39.0 Å². The third-order valence-electron chi connectivity index (χ3n) is 5.08. The third kappa shape index (κ3) is 3.58. The molecule has 7 heteroatoms. The van der Waals surface area contributed by atoms with Crippen LogP contribution in [-0.4, -0.2) is 47.9 Å². The number of rotatable bonds is 2. The van der Waals surface area contributed by atoms with Crippen LogP contribution in [0, 0.1) is 31.1 Å². The molecule has 1 amide bonds. The summed E-state index contributed by atoms with van der Waals surface area (Å²) in [5.74, 6) is -2.30. The van der Waals surface area contributed by atoms with E-state index in [9.17, 15) is 18.8 Å². The normalized spacial score (nSPS) is 22.8. The van der Waals surface area contributed by atoms with Gasteiger partial charge < -0.3 is 9.80 Å². The summed E-state index contributed by atoms with van der Waals surface area (Å²) in [5.41, 5.74) is 2.24. The van der Waals surface area contributed by atoms with E-state index < -0.39 is 5.92 Å². The molecule has 0 bridgehead atoms. The monoisotopic (exact) mass is 348 g/mol. The molecule has 3 heterocycles. The van der Waals surface area contributed by atoms with Gasteiger partial charge in [-0.25, -0.2) is 13.8 Å². The number of likely N-dealkylation sites (tertiary alicyclic amines) is 1. The van der Waals surface area contributed by atoms with E-state index in [-0.39, 0.29) is 37.8 Å². The molecule has 0 spiro atoms. The first kappa shape index (κ1) is 17.6. The van der Waals surface area contributed by atoms with Gasteiger partial charge in [0.05, 0.1) is 11.5 Å². The van der Waals surface area contributed by atoms with Crippen LogP contribution in [0.2, 0.25) is 0 Å². The molecule has 1 unspecified atom stereocenters. The van der Waals surface area contributed by atoms with E-state index >= 15 is 0 Å². The van der Waals surface area contributed by atoms with Crippen LogP contribution in [0.3, 0.4) is 0 Å². The predicted octanol–water partition coefficient (Wildman–Crippen LogP) is 2.65. The van der Waals surface area contributed by atoms with Gasteiger partial charge in [-0.3, -0.25) is 4.79 Å². The van der Waals surface area contributed by atoms with Gasteiger partial charge in [0, 0.05) is 44.7 Å². The maximum absolute atomic E-state index is 13.3. The fourth-order valence-electron chi connectivity index (χ4n) is 3.65. The smallest absolute Gasteiger partial charge is 0.251 e. The number of carbonyl (C=O) groups is 1. The fourth-order valence-corrected chi connectivity index (χ4v) is 3.65. The Hall–Kier alpha value is -2.23. The van der Waals surface area contributed by atoms with Crippen LogP contribution >= 0.6 is 0 Å². The summed E-state index contributed by atoms with van der Waals surface area (Å²) in [6.07, 6.45) is 0.143. The molecule has 0 N–H and O–H groups in total. The highest BCUT2D eigenvalue weighted by atomic mass is 19.3. The lowest BCUT2D eigenvalue weighted by atomic mass is 10.0. The molecule has 0 radical (unpaired) electrons. The zero-order valence-electron chi connectivity index (χ0n) is 14.6. The molecule has 1 aromatic heterocycles. The number of nitriles is 1. The number of piperidine rings is 1.